The molecule has 1 aromatic heterocycles. The lowest BCUT2D eigenvalue weighted by molar-refractivity contribution is 0.114. The number of rotatable bonds is 5. The van der Waals surface area contributed by atoms with E-state index in [1.165, 1.54) is 0 Å². The van der Waals surface area contributed by atoms with E-state index in [0.29, 0.717) is 29.4 Å². The van der Waals surface area contributed by atoms with E-state index in [1.807, 2.05) is 6.92 Å². The zero-order chi connectivity index (χ0) is 14.0. The smallest absolute Gasteiger partial charge is 0.244 e. The molecule has 1 N–H and O–H groups in total. The van der Waals surface area contributed by atoms with Crippen LogP contribution in [0.3, 0.4) is 0 Å². The Morgan fingerprint density at radius 3 is 2.74 bits per heavy atom. The van der Waals surface area contributed by atoms with E-state index >= 15 is 0 Å². The van der Waals surface area contributed by atoms with Crippen LogP contribution in [0.15, 0.2) is 4.90 Å². The van der Waals surface area contributed by atoms with Crippen LogP contribution in [0, 0.1) is 13.8 Å². The van der Waals surface area contributed by atoms with Gasteiger partial charge in [0.2, 0.25) is 10.0 Å². The van der Waals surface area contributed by atoms with Gasteiger partial charge in [-0.2, -0.15) is 5.10 Å². The molecule has 0 saturated carbocycles. The number of ether oxygens (including phenoxy) is 1. The Morgan fingerprint density at radius 1 is 1.47 bits per heavy atom. The maximum Gasteiger partial charge on any atom is 0.244 e. The molecule has 7 heteroatoms. The van der Waals surface area contributed by atoms with Gasteiger partial charge in [0.25, 0.3) is 0 Å². The third-order valence-corrected chi connectivity index (χ3v) is 5.08. The largest absolute Gasteiger partial charge is 0.377 e. The number of aromatic nitrogens is 2. The molecule has 1 aromatic rings. The van der Waals surface area contributed by atoms with Gasteiger partial charge in [-0.1, -0.05) is 0 Å². The zero-order valence-electron chi connectivity index (χ0n) is 11.6. The summed E-state index contributed by atoms with van der Waals surface area (Å²) in [5.41, 5.74) is 1.22. The maximum absolute atomic E-state index is 12.3. The Morgan fingerprint density at radius 2 is 2.21 bits per heavy atom. The van der Waals surface area contributed by atoms with Crippen molar-refractivity contribution in [3.8, 4) is 0 Å². The van der Waals surface area contributed by atoms with E-state index in [4.69, 9.17) is 4.74 Å². The minimum atomic E-state index is -3.51. The minimum Gasteiger partial charge on any atom is -0.377 e. The average Bonchev–Trinajstić information content (AvgIpc) is 2.95. The maximum atomic E-state index is 12.3. The van der Waals surface area contributed by atoms with E-state index in [-0.39, 0.29) is 6.10 Å². The predicted molar refractivity (Wildman–Crippen MR) is 71.5 cm³/mol. The van der Waals surface area contributed by atoms with Crippen LogP contribution in [0.25, 0.3) is 0 Å². The summed E-state index contributed by atoms with van der Waals surface area (Å²) in [6.07, 6.45) is 1.91. The summed E-state index contributed by atoms with van der Waals surface area (Å²) in [5, 5.41) is 4.24. The van der Waals surface area contributed by atoms with Crippen molar-refractivity contribution < 1.29 is 13.2 Å². The highest BCUT2D eigenvalue weighted by Gasteiger charge is 2.26. The first-order chi connectivity index (χ1) is 8.95. The lowest BCUT2D eigenvalue weighted by Crippen LogP contribution is -2.32. The molecule has 0 aliphatic carbocycles. The van der Waals surface area contributed by atoms with Crippen LogP contribution in [-0.2, 0) is 21.3 Å². The molecule has 0 unspecified atom stereocenters. The van der Waals surface area contributed by atoms with Crippen LogP contribution in [0.1, 0.15) is 31.2 Å². The summed E-state index contributed by atoms with van der Waals surface area (Å²) >= 11 is 0. The van der Waals surface area contributed by atoms with Gasteiger partial charge in [0.1, 0.15) is 4.90 Å². The molecular formula is C12H21N3O3S. The van der Waals surface area contributed by atoms with Crippen molar-refractivity contribution in [2.75, 3.05) is 13.2 Å². The van der Waals surface area contributed by atoms with E-state index in [0.717, 1.165) is 19.4 Å². The summed E-state index contributed by atoms with van der Waals surface area (Å²) < 4.78 is 34.4. The second kappa shape index (κ2) is 5.60. The van der Waals surface area contributed by atoms with Gasteiger partial charge in [-0.05, 0) is 33.6 Å². The Hall–Kier alpha value is -0.920. The fraction of sp³-hybridized carbons (Fsp3) is 0.750. The Kier molecular flexibility index (Phi) is 4.27. The second-order valence-corrected chi connectivity index (χ2v) is 6.51. The van der Waals surface area contributed by atoms with Crippen molar-refractivity contribution in [2.45, 2.75) is 51.2 Å². The molecule has 1 aliphatic heterocycles. The lowest BCUT2D eigenvalue weighted by Gasteiger charge is -2.11. The molecule has 1 aliphatic rings. The average molecular weight is 287 g/mol. The van der Waals surface area contributed by atoms with E-state index in [2.05, 4.69) is 9.82 Å². The van der Waals surface area contributed by atoms with Crippen LogP contribution in [0.4, 0.5) is 0 Å². The molecule has 2 heterocycles. The first-order valence-electron chi connectivity index (χ1n) is 6.61. The van der Waals surface area contributed by atoms with Gasteiger partial charge >= 0.3 is 0 Å². The number of hydrogen-bond donors (Lipinski definition) is 1. The molecule has 108 valence electrons. The van der Waals surface area contributed by atoms with Crippen LogP contribution in [0.2, 0.25) is 0 Å². The van der Waals surface area contributed by atoms with Gasteiger partial charge in [-0.15, -0.1) is 0 Å². The fourth-order valence-corrected chi connectivity index (χ4v) is 3.93. The number of sulfonamides is 1. The minimum absolute atomic E-state index is 0.00314. The second-order valence-electron chi connectivity index (χ2n) is 4.80. The fourth-order valence-electron chi connectivity index (χ4n) is 2.46. The van der Waals surface area contributed by atoms with Crippen LogP contribution < -0.4 is 4.72 Å². The van der Waals surface area contributed by atoms with Gasteiger partial charge in [-0.3, -0.25) is 4.68 Å². The first kappa shape index (κ1) is 14.5. The van der Waals surface area contributed by atoms with Crippen LogP contribution in [0.5, 0.6) is 0 Å². The summed E-state index contributed by atoms with van der Waals surface area (Å²) in [4.78, 5) is 0.298. The van der Waals surface area contributed by atoms with Gasteiger partial charge in [0, 0.05) is 19.7 Å². The molecule has 0 spiro atoms. The predicted octanol–water partition coefficient (Wildman–Crippen LogP) is 0.977. The van der Waals surface area contributed by atoms with E-state index < -0.39 is 10.0 Å². The Labute approximate surface area is 114 Å². The van der Waals surface area contributed by atoms with Crippen molar-refractivity contribution in [1.82, 2.24) is 14.5 Å². The van der Waals surface area contributed by atoms with Gasteiger partial charge in [0.15, 0.2) is 0 Å². The molecule has 0 aromatic carbocycles. The quantitative estimate of drug-likeness (QED) is 0.876. The highest BCUT2D eigenvalue weighted by atomic mass is 32.2. The molecular weight excluding hydrogens is 266 g/mol. The van der Waals surface area contributed by atoms with Crippen LogP contribution in [-0.4, -0.2) is 37.5 Å². The summed E-state index contributed by atoms with van der Waals surface area (Å²) in [5.74, 6) is 0. The lowest BCUT2D eigenvalue weighted by atomic mass is 10.2. The Balaban J connectivity index is 2.16. The number of nitrogens with zero attached hydrogens (tertiary/aromatic N) is 2. The van der Waals surface area contributed by atoms with Crippen molar-refractivity contribution in [3.05, 3.63) is 11.4 Å². The highest BCUT2D eigenvalue weighted by Crippen LogP contribution is 2.19. The summed E-state index contributed by atoms with van der Waals surface area (Å²) in [7, 11) is -3.51. The van der Waals surface area contributed by atoms with Crippen LogP contribution >= 0.6 is 0 Å². The third-order valence-electron chi connectivity index (χ3n) is 3.41. The van der Waals surface area contributed by atoms with Crippen molar-refractivity contribution in [1.29, 1.82) is 0 Å². The summed E-state index contributed by atoms with van der Waals surface area (Å²) in [6.45, 7) is 7.16. The molecule has 0 bridgehead atoms. The normalized spacial score (nSPS) is 20.1. The SMILES string of the molecule is CCn1nc(C)c(S(=O)(=O)NC[C@@H]2CCCO2)c1C. The van der Waals surface area contributed by atoms with E-state index in [9.17, 15) is 8.42 Å². The molecule has 0 radical (unpaired) electrons. The zero-order valence-corrected chi connectivity index (χ0v) is 12.5. The van der Waals surface area contributed by atoms with Gasteiger partial charge in [0.05, 0.1) is 17.5 Å². The first-order valence-corrected chi connectivity index (χ1v) is 8.09. The molecule has 1 fully saturated rings. The van der Waals surface area contributed by atoms with Gasteiger partial charge in [-0.25, -0.2) is 13.1 Å². The molecule has 2 rings (SSSR count). The van der Waals surface area contributed by atoms with Crippen molar-refractivity contribution >= 4 is 10.0 Å². The molecule has 1 atom stereocenters. The topological polar surface area (TPSA) is 73.2 Å². The molecule has 19 heavy (non-hydrogen) atoms. The molecule has 0 amide bonds. The molecule has 6 nitrogen and oxygen atoms in total. The van der Waals surface area contributed by atoms with Crippen molar-refractivity contribution in [2.24, 2.45) is 0 Å². The highest BCUT2D eigenvalue weighted by molar-refractivity contribution is 7.89. The molecule has 1 saturated heterocycles. The number of aryl methyl sites for hydroxylation is 2. The van der Waals surface area contributed by atoms with E-state index in [1.54, 1.807) is 18.5 Å². The van der Waals surface area contributed by atoms with Gasteiger partial charge < -0.3 is 4.74 Å². The monoisotopic (exact) mass is 287 g/mol. The number of hydrogen-bond acceptors (Lipinski definition) is 4. The Bertz CT molecular complexity index is 545. The summed E-state index contributed by atoms with van der Waals surface area (Å²) in [6, 6.07) is 0. The van der Waals surface area contributed by atoms with Crippen molar-refractivity contribution in [3.63, 3.8) is 0 Å². The standard InChI is InChI=1S/C12H21N3O3S/c1-4-15-10(3)12(9(2)14-15)19(16,17)13-8-11-6-5-7-18-11/h11,13H,4-8H2,1-3H3/t11-/m0/s1. The third kappa shape index (κ3) is 2.98. The number of nitrogens with one attached hydrogen (secondary N) is 1.